The number of rotatable bonds is 2. The second-order valence-corrected chi connectivity index (χ2v) is 6.21. The molecule has 2 aromatic rings. The fourth-order valence-corrected chi connectivity index (χ4v) is 3.64. The number of carbonyl (C=O) groups excluding carboxylic acids is 2. The molecule has 0 spiro atoms. The zero-order valence-corrected chi connectivity index (χ0v) is 13.0. The number of amides is 2. The third-order valence-corrected chi connectivity index (χ3v) is 4.85. The first-order chi connectivity index (χ1) is 11.7. The van der Waals surface area contributed by atoms with Crippen LogP contribution in [0.25, 0.3) is 5.57 Å². The Morgan fingerprint density at radius 3 is 2.29 bits per heavy atom. The van der Waals surface area contributed by atoms with Gasteiger partial charge in [-0.05, 0) is 36.6 Å². The number of benzene rings is 2. The van der Waals surface area contributed by atoms with E-state index in [-0.39, 0.29) is 23.5 Å². The van der Waals surface area contributed by atoms with E-state index in [1.807, 2.05) is 12.1 Å². The highest BCUT2D eigenvalue weighted by molar-refractivity contribution is 6.22. The van der Waals surface area contributed by atoms with Crippen LogP contribution in [0.4, 0.5) is 10.1 Å². The lowest BCUT2D eigenvalue weighted by Gasteiger charge is -2.22. The normalized spacial score (nSPS) is 23.2. The van der Waals surface area contributed by atoms with Crippen molar-refractivity contribution in [1.29, 1.82) is 0 Å². The van der Waals surface area contributed by atoms with E-state index >= 15 is 0 Å². The summed E-state index contributed by atoms with van der Waals surface area (Å²) in [6.07, 6.45) is 2.78. The molecule has 4 heteroatoms. The van der Waals surface area contributed by atoms with Gasteiger partial charge in [-0.2, -0.15) is 0 Å². The predicted octanol–water partition coefficient (Wildman–Crippen LogP) is 3.81. The van der Waals surface area contributed by atoms with E-state index in [9.17, 15) is 14.0 Å². The van der Waals surface area contributed by atoms with Gasteiger partial charge in [0.2, 0.25) is 11.8 Å². The molecule has 1 saturated heterocycles. The van der Waals surface area contributed by atoms with Crippen molar-refractivity contribution < 1.29 is 14.0 Å². The van der Waals surface area contributed by atoms with Crippen LogP contribution in [-0.2, 0) is 9.59 Å². The first-order valence-corrected chi connectivity index (χ1v) is 8.03. The number of fused-ring (bicyclic) bond motifs is 1. The van der Waals surface area contributed by atoms with Gasteiger partial charge in [0.25, 0.3) is 0 Å². The topological polar surface area (TPSA) is 37.4 Å². The van der Waals surface area contributed by atoms with Crippen LogP contribution in [0.2, 0.25) is 0 Å². The molecule has 1 aliphatic heterocycles. The molecule has 2 amide bonds. The molecule has 1 heterocycles. The van der Waals surface area contributed by atoms with Crippen LogP contribution >= 0.6 is 0 Å². The summed E-state index contributed by atoms with van der Waals surface area (Å²) in [4.78, 5) is 26.7. The monoisotopic (exact) mass is 321 g/mol. The van der Waals surface area contributed by atoms with Gasteiger partial charge in [0.15, 0.2) is 0 Å². The molecule has 0 unspecified atom stereocenters. The van der Waals surface area contributed by atoms with Gasteiger partial charge in [0.05, 0.1) is 17.5 Å². The number of anilines is 1. The summed E-state index contributed by atoms with van der Waals surface area (Å²) in [5.41, 5.74) is 1.94. The van der Waals surface area contributed by atoms with Crippen molar-refractivity contribution in [3.63, 3.8) is 0 Å². The van der Waals surface area contributed by atoms with Crippen LogP contribution in [0.3, 0.4) is 0 Å². The molecule has 0 bridgehead atoms. The lowest BCUT2D eigenvalue weighted by atomic mass is 9.79. The molecule has 4 rings (SSSR count). The second-order valence-electron chi connectivity index (χ2n) is 6.21. The Morgan fingerprint density at radius 1 is 0.875 bits per heavy atom. The van der Waals surface area contributed by atoms with Gasteiger partial charge >= 0.3 is 0 Å². The maximum Gasteiger partial charge on any atom is 0.238 e. The molecule has 24 heavy (non-hydrogen) atoms. The Hall–Kier alpha value is -2.75. The van der Waals surface area contributed by atoms with Crippen LogP contribution < -0.4 is 4.90 Å². The highest BCUT2D eigenvalue weighted by Crippen LogP contribution is 2.42. The highest BCUT2D eigenvalue weighted by Gasteiger charge is 2.49. The molecular weight excluding hydrogens is 305 g/mol. The van der Waals surface area contributed by atoms with Crippen LogP contribution in [0.5, 0.6) is 0 Å². The van der Waals surface area contributed by atoms with Crippen LogP contribution in [0.15, 0.2) is 60.7 Å². The average Bonchev–Trinajstić information content (AvgIpc) is 2.86. The summed E-state index contributed by atoms with van der Waals surface area (Å²) in [5, 5.41) is 0. The van der Waals surface area contributed by atoms with Gasteiger partial charge in [-0.3, -0.25) is 14.5 Å². The van der Waals surface area contributed by atoms with Crippen LogP contribution in [0, 0.1) is 17.7 Å². The predicted molar refractivity (Wildman–Crippen MR) is 89.5 cm³/mol. The molecule has 1 aliphatic carbocycles. The lowest BCUT2D eigenvalue weighted by molar-refractivity contribution is -0.122. The van der Waals surface area contributed by atoms with Crippen LogP contribution in [0.1, 0.15) is 18.4 Å². The van der Waals surface area contributed by atoms with Crippen molar-refractivity contribution in [2.24, 2.45) is 11.8 Å². The number of para-hydroxylation sites is 1. The van der Waals surface area contributed by atoms with Gasteiger partial charge < -0.3 is 0 Å². The third-order valence-electron chi connectivity index (χ3n) is 4.85. The Bertz CT molecular complexity index is 844. The van der Waals surface area contributed by atoms with Gasteiger partial charge in [0.1, 0.15) is 5.82 Å². The Morgan fingerprint density at radius 2 is 1.54 bits per heavy atom. The second kappa shape index (κ2) is 5.71. The van der Waals surface area contributed by atoms with E-state index in [1.165, 1.54) is 11.0 Å². The van der Waals surface area contributed by atoms with Crippen molar-refractivity contribution in [1.82, 2.24) is 0 Å². The van der Waals surface area contributed by atoms with Crippen molar-refractivity contribution >= 4 is 23.1 Å². The smallest absolute Gasteiger partial charge is 0.238 e. The Balaban J connectivity index is 1.65. The molecule has 2 atom stereocenters. The fourth-order valence-electron chi connectivity index (χ4n) is 3.64. The maximum absolute atomic E-state index is 14.0. The standard InChI is InChI=1S/C20H16FNO2/c21-18-9-5-4-8-15(18)13-10-11-16-17(12-13)20(24)22(19(16)23)14-6-2-1-3-7-14/h1-10,16-17H,11-12H2/t16-,17+/m1/s1. The quantitative estimate of drug-likeness (QED) is 0.789. The number of hydrogen-bond acceptors (Lipinski definition) is 2. The molecule has 2 aliphatic rings. The van der Waals surface area contributed by atoms with Gasteiger partial charge in [-0.1, -0.05) is 42.5 Å². The number of carbonyl (C=O) groups is 2. The minimum Gasteiger partial charge on any atom is -0.274 e. The zero-order valence-electron chi connectivity index (χ0n) is 13.0. The molecule has 2 aromatic carbocycles. The highest BCUT2D eigenvalue weighted by atomic mass is 19.1. The summed E-state index contributed by atoms with van der Waals surface area (Å²) in [6, 6.07) is 15.5. The lowest BCUT2D eigenvalue weighted by Crippen LogP contribution is -2.30. The summed E-state index contributed by atoms with van der Waals surface area (Å²) in [7, 11) is 0. The van der Waals surface area contributed by atoms with Gasteiger partial charge in [-0.25, -0.2) is 4.39 Å². The van der Waals surface area contributed by atoms with Crippen molar-refractivity contribution in [3.05, 3.63) is 72.1 Å². The number of nitrogens with zero attached hydrogens (tertiary/aromatic N) is 1. The molecule has 0 aromatic heterocycles. The average molecular weight is 321 g/mol. The summed E-state index contributed by atoms with van der Waals surface area (Å²) in [5.74, 6) is -1.37. The molecule has 0 N–H and O–H groups in total. The van der Waals surface area contributed by atoms with Crippen molar-refractivity contribution in [2.45, 2.75) is 12.8 Å². The van der Waals surface area contributed by atoms with Crippen molar-refractivity contribution in [3.8, 4) is 0 Å². The number of allylic oxidation sites excluding steroid dienone is 2. The van der Waals surface area contributed by atoms with E-state index in [0.717, 1.165) is 5.57 Å². The minimum atomic E-state index is -0.405. The molecule has 120 valence electrons. The first-order valence-electron chi connectivity index (χ1n) is 8.03. The van der Waals surface area contributed by atoms with E-state index in [1.54, 1.807) is 42.5 Å². The largest absolute Gasteiger partial charge is 0.274 e. The number of halogens is 1. The number of imide groups is 1. The van der Waals surface area contributed by atoms with Gasteiger partial charge in [-0.15, -0.1) is 0 Å². The SMILES string of the molecule is O=C1[C@H]2CC(c3ccccc3F)=CC[C@H]2C(=O)N1c1ccccc1. The fraction of sp³-hybridized carbons (Fsp3) is 0.200. The Kier molecular flexibility index (Phi) is 3.53. The molecule has 3 nitrogen and oxygen atoms in total. The zero-order chi connectivity index (χ0) is 16.7. The molecule has 0 saturated carbocycles. The third kappa shape index (κ3) is 2.26. The van der Waals surface area contributed by atoms with Gasteiger partial charge in [0, 0.05) is 5.56 Å². The summed E-state index contributed by atoms with van der Waals surface area (Å²) in [6.45, 7) is 0. The van der Waals surface area contributed by atoms with E-state index < -0.39 is 5.92 Å². The van der Waals surface area contributed by atoms with E-state index in [4.69, 9.17) is 0 Å². The summed E-state index contributed by atoms with van der Waals surface area (Å²) >= 11 is 0. The minimum absolute atomic E-state index is 0.153. The molecule has 1 fully saturated rings. The Labute approximate surface area is 139 Å². The molecule has 0 radical (unpaired) electrons. The first kappa shape index (κ1) is 14.8. The van der Waals surface area contributed by atoms with E-state index in [0.29, 0.717) is 24.1 Å². The number of hydrogen-bond donors (Lipinski definition) is 0. The maximum atomic E-state index is 14.0. The summed E-state index contributed by atoms with van der Waals surface area (Å²) < 4.78 is 14.0. The molecular formula is C20H16FNO2. The van der Waals surface area contributed by atoms with Crippen LogP contribution in [-0.4, -0.2) is 11.8 Å². The van der Waals surface area contributed by atoms with Crippen molar-refractivity contribution in [2.75, 3.05) is 4.90 Å². The van der Waals surface area contributed by atoms with E-state index in [2.05, 4.69) is 0 Å².